The topological polar surface area (TPSA) is 97.0 Å². The lowest BCUT2D eigenvalue weighted by atomic mass is 9.87. The molecule has 0 saturated heterocycles. The summed E-state index contributed by atoms with van der Waals surface area (Å²) in [6.07, 6.45) is 2.31. The first-order chi connectivity index (χ1) is 17.9. The molecule has 196 valence electrons. The smallest absolute Gasteiger partial charge is 0.358 e. The summed E-state index contributed by atoms with van der Waals surface area (Å²) in [5.41, 5.74) is 4.91. The van der Waals surface area contributed by atoms with Crippen molar-refractivity contribution >= 4 is 11.9 Å². The highest BCUT2D eigenvalue weighted by Gasteiger charge is 2.32. The zero-order valence-electron chi connectivity index (χ0n) is 22.0. The molecule has 1 unspecified atom stereocenters. The molecule has 2 aromatic carbocycles. The van der Waals surface area contributed by atoms with E-state index in [2.05, 4.69) is 14.9 Å². The summed E-state index contributed by atoms with van der Waals surface area (Å²) in [5.74, 6) is 0.883. The van der Waals surface area contributed by atoms with Crippen LogP contribution in [0.5, 0.6) is 11.5 Å². The molecule has 0 fully saturated rings. The Balaban J connectivity index is 1.76. The molecule has 1 aliphatic heterocycles. The predicted molar refractivity (Wildman–Crippen MR) is 139 cm³/mol. The molecule has 3 aromatic rings. The van der Waals surface area contributed by atoms with Crippen LogP contribution < -0.4 is 9.47 Å². The Morgan fingerprint density at radius 2 is 1.73 bits per heavy atom. The number of aromatic nitrogens is 2. The van der Waals surface area contributed by atoms with Crippen molar-refractivity contribution < 1.29 is 23.8 Å². The second-order valence-electron chi connectivity index (χ2n) is 8.85. The molecule has 4 rings (SSSR count). The lowest BCUT2D eigenvalue weighted by Gasteiger charge is -2.38. The van der Waals surface area contributed by atoms with Crippen molar-refractivity contribution in [2.45, 2.75) is 32.9 Å². The van der Waals surface area contributed by atoms with Gasteiger partial charge in [-0.3, -0.25) is 9.69 Å². The number of H-pyrrole nitrogens is 1. The van der Waals surface area contributed by atoms with Crippen molar-refractivity contribution in [3.05, 3.63) is 76.4 Å². The number of hydrogen-bond donors (Lipinski definition) is 1. The molecule has 0 radical (unpaired) electrons. The highest BCUT2D eigenvalue weighted by molar-refractivity contribution is 5.94. The summed E-state index contributed by atoms with van der Waals surface area (Å²) in [4.78, 5) is 36.5. The number of methoxy groups -OCH3 is 3. The van der Waals surface area contributed by atoms with E-state index in [1.165, 1.54) is 19.0 Å². The maximum absolute atomic E-state index is 12.9. The number of esters is 1. The molecule has 0 aliphatic carbocycles. The highest BCUT2D eigenvalue weighted by atomic mass is 16.5. The number of ether oxygens (including phenoxy) is 3. The average Bonchev–Trinajstić information content (AvgIpc) is 3.40. The van der Waals surface area contributed by atoms with E-state index in [9.17, 15) is 9.59 Å². The Hall–Kier alpha value is -3.85. The zero-order chi connectivity index (χ0) is 26.5. The fourth-order valence-electron chi connectivity index (χ4n) is 4.98. The van der Waals surface area contributed by atoms with Gasteiger partial charge in [0.05, 0.1) is 39.4 Å². The van der Waals surface area contributed by atoms with Crippen molar-refractivity contribution in [2.24, 2.45) is 0 Å². The lowest BCUT2D eigenvalue weighted by Crippen LogP contribution is -2.36. The van der Waals surface area contributed by atoms with Crippen LogP contribution >= 0.6 is 0 Å². The molecule has 0 bridgehead atoms. The summed E-state index contributed by atoms with van der Waals surface area (Å²) in [5, 5.41) is 0. The second-order valence-corrected chi connectivity index (χ2v) is 8.85. The van der Waals surface area contributed by atoms with Crippen LogP contribution in [0.1, 0.15) is 63.1 Å². The Bertz CT molecular complexity index is 1250. The van der Waals surface area contributed by atoms with E-state index in [0.29, 0.717) is 42.4 Å². The van der Waals surface area contributed by atoms with Gasteiger partial charge in [0.15, 0.2) is 17.2 Å². The van der Waals surface area contributed by atoms with E-state index < -0.39 is 5.97 Å². The second kappa shape index (κ2) is 11.5. The minimum atomic E-state index is -0.476. The highest BCUT2D eigenvalue weighted by Crippen LogP contribution is 2.41. The number of rotatable bonds is 9. The summed E-state index contributed by atoms with van der Waals surface area (Å²) in [6.45, 7) is 6.49. The number of carbonyl (C=O) groups excluding carboxylic acids is 2. The third-order valence-corrected chi connectivity index (χ3v) is 6.96. The van der Waals surface area contributed by atoms with Gasteiger partial charge in [-0.2, -0.15) is 0 Å². The standard InChI is InChI=1S/C28H34N4O5/c1-6-31(7-2)27(33)19-10-8-18(9-11-19)26-21-15-24(36-4)23(35-3)14-20(21)12-13-32(26)16-22-25(28(34)37-5)30-17-29-22/h8-11,14-15,17,26H,6-7,12-13,16H2,1-5H3,(H,29,30). The number of aromatic amines is 1. The van der Waals surface area contributed by atoms with E-state index in [4.69, 9.17) is 14.2 Å². The summed E-state index contributed by atoms with van der Waals surface area (Å²) < 4.78 is 16.1. The Morgan fingerprint density at radius 1 is 1.05 bits per heavy atom. The molecule has 1 aliphatic rings. The zero-order valence-corrected chi connectivity index (χ0v) is 22.0. The summed E-state index contributed by atoms with van der Waals surface area (Å²) >= 11 is 0. The molecule has 0 saturated carbocycles. The fourth-order valence-corrected chi connectivity index (χ4v) is 4.98. The monoisotopic (exact) mass is 506 g/mol. The van der Waals surface area contributed by atoms with Crippen LogP contribution in [-0.4, -0.2) is 72.6 Å². The Kier molecular flexibility index (Phi) is 8.13. The van der Waals surface area contributed by atoms with E-state index in [-0.39, 0.29) is 17.6 Å². The number of nitrogens with one attached hydrogen (secondary N) is 1. The van der Waals surface area contributed by atoms with Gasteiger partial charge >= 0.3 is 5.97 Å². The number of amides is 1. The number of hydrogen-bond acceptors (Lipinski definition) is 7. The molecule has 1 atom stereocenters. The molecule has 9 nitrogen and oxygen atoms in total. The van der Waals surface area contributed by atoms with Gasteiger partial charge in [-0.1, -0.05) is 12.1 Å². The van der Waals surface area contributed by atoms with E-state index in [1.54, 1.807) is 19.1 Å². The van der Waals surface area contributed by atoms with Gasteiger partial charge in [-0.05, 0) is 61.2 Å². The Morgan fingerprint density at radius 3 is 2.35 bits per heavy atom. The van der Waals surface area contributed by atoms with Crippen LogP contribution in [-0.2, 0) is 17.7 Å². The minimum absolute atomic E-state index is 0.0176. The van der Waals surface area contributed by atoms with Crippen LogP contribution in [0.2, 0.25) is 0 Å². The van der Waals surface area contributed by atoms with Gasteiger partial charge in [-0.25, -0.2) is 9.78 Å². The molecule has 2 heterocycles. The van der Waals surface area contributed by atoms with Crippen molar-refractivity contribution in [2.75, 3.05) is 41.0 Å². The van der Waals surface area contributed by atoms with E-state index in [1.807, 2.05) is 50.2 Å². The number of benzene rings is 2. The maximum atomic E-state index is 12.9. The minimum Gasteiger partial charge on any atom is -0.493 e. The van der Waals surface area contributed by atoms with Gasteiger partial charge in [0, 0.05) is 31.7 Å². The SMILES string of the molecule is CCN(CC)C(=O)c1ccc(C2c3cc(OC)c(OC)cc3CCN2Cc2[nH]cnc2C(=O)OC)cc1. The van der Waals surface area contributed by atoms with E-state index in [0.717, 1.165) is 24.1 Å². The predicted octanol–water partition coefficient (Wildman–Crippen LogP) is 3.84. The Labute approximate surface area is 217 Å². The van der Waals surface area contributed by atoms with Crippen LogP contribution in [0.3, 0.4) is 0 Å². The molecule has 1 N–H and O–H groups in total. The van der Waals surface area contributed by atoms with Gasteiger partial charge in [0.25, 0.3) is 5.91 Å². The molecular weight excluding hydrogens is 472 g/mol. The first-order valence-corrected chi connectivity index (χ1v) is 12.4. The first kappa shape index (κ1) is 26.2. The molecule has 9 heteroatoms. The largest absolute Gasteiger partial charge is 0.493 e. The van der Waals surface area contributed by atoms with Gasteiger partial charge in [-0.15, -0.1) is 0 Å². The van der Waals surface area contributed by atoms with Crippen molar-refractivity contribution in [3.63, 3.8) is 0 Å². The lowest BCUT2D eigenvalue weighted by molar-refractivity contribution is 0.0591. The van der Waals surface area contributed by atoms with Crippen LogP contribution in [0.25, 0.3) is 0 Å². The molecule has 37 heavy (non-hydrogen) atoms. The number of fused-ring (bicyclic) bond motifs is 1. The maximum Gasteiger partial charge on any atom is 0.358 e. The molecule has 0 spiro atoms. The summed E-state index contributed by atoms with van der Waals surface area (Å²) in [6, 6.07) is 11.7. The molecule has 1 aromatic heterocycles. The van der Waals surface area contributed by atoms with Gasteiger partial charge in [0.1, 0.15) is 0 Å². The third-order valence-electron chi connectivity index (χ3n) is 6.96. The fraction of sp³-hybridized carbons (Fsp3) is 0.393. The van der Waals surface area contributed by atoms with Gasteiger partial charge < -0.3 is 24.1 Å². The van der Waals surface area contributed by atoms with E-state index >= 15 is 0 Å². The third kappa shape index (κ3) is 5.17. The first-order valence-electron chi connectivity index (χ1n) is 12.4. The number of imidazole rings is 1. The average molecular weight is 507 g/mol. The van der Waals surface area contributed by atoms with Crippen LogP contribution in [0, 0.1) is 0 Å². The van der Waals surface area contributed by atoms with Gasteiger partial charge in [0.2, 0.25) is 0 Å². The number of nitrogens with zero attached hydrogens (tertiary/aromatic N) is 3. The summed E-state index contributed by atoms with van der Waals surface area (Å²) in [7, 11) is 4.61. The normalized spacial score (nSPS) is 15.1. The molecular formula is C28H34N4O5. The van der Waals surface area contributed by atoms with Crippen LogP contribution in [0.15, 0.2) is 42.7 Å². The van der Waals surface area contributed by atoms with Crippen molar-refractivity contribution in [3.8, 4) is 11.5 Å². The van der Waals surface area contributed by atoms with Crippen molar-refractivity contribution in [1.29, 1.82) is 0 Å². The molecule has 1 amide bonds. The van der Waals surface area contributed by atoms with Crippen molar-refractivity contribution in [1.82, 2.24) is 19.8 Å². The quantitative estimate of drug-likeness (QED) is 0.441. The number of carbonyl (C=O) groups is 2. The van der Waals surface area contributed by atoms with Crippen LogP contribution in [0.4, 0.5) is 0 Å².